The molecule has 1 N–H and O–H groups in total. The summed E-state index contributed by atoms with van der Waals surface area (Å²) in [5.41, 5.74) is 1.63. The Bertz CT molecular complexity index is 1200. The molecule has 2 aromatic carbocycles. The Morgan fingerprint density at radius 2 is 1.65 bits per heavy atom. The smallest absolute Gasteiger partial charge is 0.278 e. The largest absolute Gasteiger partial charge is 0.497 e. The number of benzene rings is 2. The molecule has 8 heteroatoms. The van der Waals surface area contributed by atoms with Crippen LogP contribution in [0.15, 0.2) is 71.0 Å². The van der Waals surface area contributed by atoms with Crippen LogP contribution in [-0.4, -0.2) is 37.0 Å². The second-order valence-electron chi connectivity index (χ2n) is 7.41. The zero-order valence-corrected chi connectivity index (χ0v) is 19.3. The molecule has 1 aliphatic heterocycles. The van der Waals surface area contributed by atoms with Crippen LogP contribution in [0.25, 0.3) is 5.57 Å². The van der Waals surface area contributed by atoms with Gasteiger partial charge in [-0.05, 0) is 55.8 Å². The number of anilines is 1. The molecule has 0 atom stereocenters. The van der Waals surface area contributed by atoms with E-state index in [2.05, 4.69) is 5.32 Å². The lowest BCUT2D eigenvalue weighted by atomic mass is 10.0. The van der Waals surface area contributed by atoms with Crippen molar-refractivity contribution in [1.82, 2.24) is 4.90 Å². The highest BCUT2D eigenvalue weighted by Crippen LogP contribution is 2.35. The highest BCUT2D eigenvalue weighted by molar-refractivity contribution is 6.36. The van der Waals surface area contributed by atoms with Crippen LogP contribution in [-0.2, 0) is 16.1 Å². The predicted molar refractivity (Wildman–Crippen MR) is 127 cm³/mol. The third kappa shape index (κ3) is 4.61. The number of furan rings is 1. The number of imide groups is 1. The maximum atomic E-state index is 13.4. The van der Waals surface area contributed by atoms with E-state index in [1.165, 1.54) is 11.2 Å². The second kappa shape index (κ2) is 10.2. The van der Waals surface area contributed by atoms with Crippen LogP contribution in [0.5, 0.6) is 17.2 Å². The van der Waals surface area contributed by atoms with Crippen LogP contribution in [0.4, 0.5) is 5.69 Å². The van der Waals surface area contributed by atoms with Gasteiger partial charge >= 0.3 is 0 Å². The van der Waals surface area contributed by atoms with Crippen molar-refractivity contribution in [3.63, 3.8) is 0 Å². The molecular weight excluding hydrogens is 436 g/mol. The topological polar surface area (TPSA) is 90.2 Å². The quantitative estimate of drug-likeness (QED) is 0.444. The van der Waals surface area contributed by atoms with Gasteiger partial charge in [0.05, 0.1) is 38.7 Å². The number of ether oxygens (including phenoxy) is 3. The van der Waals surface area contributed by atoms with E-state index in [1.807, 2.05) is 13.8 Å². The number of carbonyl (C=O) groups is 2. The van der Waals surface area contributed by atoms with Gasteiger partial charge in [0.15, 0.2) is 11.5 Å². The minimum Gasteiger partial charge on any atom is -0.497 e. The van der Waals surface area contributed by atoms with E-state index in [-0.39, 0.29) is 17.8 Å². The molecule has 3 aromatic rings. The van der Waals surface area contributed by atoms with E-state index < -0.39 is 11.8 Å². The maximum absolute atomic E-state index is 13.4. The lowest BCUT2D eigenvalue weighted by molar-refractivity contribution is -0.137. The molecule has 0 fully saturated rings. The fourth-order valence-corrected chi connectivity index (χ4v) is 3.69. The minimum absolute atomic E-state index is 0.0307. The van der Waals surface area contributed by atoms with Crippen LogP contribution >= 0.6 is 0 Å². The van der Waals surface area contributed by atoms with Crippen molar-refractivity contribution in [3.8, 4) is 17.2 Å². The van der Waals surface area contributed by atoms with Gasteiger partial charge in [-0.1, -0.05) is 12.1 Å². The lowest BCUT2D eigenvalue weighted by Gasteiger charge is -2.15. The monoisotopic (exact) mass is 462 g/mol. The van der Waals surface area contributed by atoms with E-state index in [9.17, 15) is 9.59 Å². The predicted octanol–water partition coefficient (Wildman–Crippen LogP) is 4.48. The summed E-state index contributed by atoms with van der Waals surface area (Å²) in [4.78, 5) is 28.0. The number of hydrogen-bond donors (Lipinski definition) is 1. The first-order chi connectivity index (χ1) is 16.5. The molecular formula is C26H26N2O6. The zero-order chi connectivity index (χ0) is 24.1. The third-order valence-corrected chi connectivity index (χ3v) is 5.25. The zero-order valence-electron chi connectivity index (χ0n) is 19.3. The van der Waals surface area contributed by atoms with Gasteiger partial charge < -0.3 is 23.9 Å². The molecule has 0 aliphatic carbocycles. The second-order valence-corrected chi connectivity index (χ2v) is 7.41. The van der Waals surface area contributed by atoms with Crippen LogP contribution < -0.4 is 19.5 Å². The van der Waals surface area contributed by atoms with Gasteiger partial charge in [0.2, 0.25) is 0 Å². The first kappa shape index (κ1) is 23.0. The van der Waals surface area contributed by atoms with Gasteiger partial charge in [0.25, 0.3) is 11.8 Å². The van der Waals surface area contributed by atoms with Crippen molar-refractivity contribution in [3.05, 3.63) is 77.9 Å². The van der Waals surface area contributed by atoms with Gasteiger partial charge in [0.1, 0.15) is 17.2 Å². The number of nitrogens with zero attached hydrogens (tertiary/aromatic N) is 1. The van der Waals surface area contributed by atoms with Crippen molar-refractivity contribution in [2.45, 2.75) is 20.4 Å². The molecule has 4 rings (SSSR count). The van der Waals surface area contributed by atoms with E-state index in [0.29, 0.717) is 47.5 Å². The Morgan fingerprint density at radius 3 is 2.29 bits per heavy atom. The summed E-state index contributed by atoms with van der Waals surface area (Å²) in [7, 11) is 1.57. The molecule has 0 radical (unpaired) electrons. The van der Waals surface area contributed by atoms with Crippen molar-refractivity contribution in [2.75, 3.05) is 25.6 Å². The number of rotatable bonds is 10. The number of hydrogen-bond acceptors (Lipinski definition) is 7. The van der Waals surface area contributed by atoms with Crippen molar-refractivity contribution in [2.24, 2.45) is 0 Å². The normalized spacial score (nSPS) is 13.4. The summed E-state index contributed by atoms with van der Waals surface area (Å²) < 4.78 is 21.9. The molecule has 34 heavy (non-hydrogen) atoms. The average Bonchev–Trinajstić information content (AvgIpc) is 3.44. The number of methoxy groups -OCH3 is 1. The van der Waals surface area contributed by atoms with Crippen LogP contribution in [0.3, 0.4) is 0 Å². The first-order valence-corrected chi connectivity index (χ1v) is 11.0. The Hall–Kier alpha value is -4.20. The minimum atomic E-state index is -0.445. The van der Waals surface area contributed by atoms with E-state index in [0.717, 1.165) is 0 Å². The van der Waals surface area contributed by atoms with Gasteiger partial charge in [-0.3, -0.25) is 14.5 Å². The number of nitrogens with one attached hydrogen (secondary N) is 1. The number of carbonyl (C=O) groups excluding carboxylic acids is 2. The summed E-state index contributed by atoms with van der Waals surface area (Å²) in [6.45, 7) is 4.76. The van der Waals surface area contributed by atoms with Crippen molar-refractivity contribution < 1.29 is 28.2 Å². The average molecular weight is 463 g/mol. The first-order valence-electron chi connectivity index (χ1n) is 11.0. The number of amides is 2. The highest BCUT2D eigenvalue weighted by Gasteiger charge is 2.39. The fourth-order valence-electron chi connectivity index (χ4n) is 3.69. The molecule has 0 saturated heterocycles. The molecule has 2 amide bonds. The SMILES string of the molecule is CCOc1ccc(NC2=C(c3ccc(OC)cc3)C(=O)N(Cc3ccco3)C2=O)cc1OCC. The summed E-state index contributed by atoms with van der Waals surface area (Å²) in [6, 6.07) is 15.7. The fraction of sp³-hybridized carbons (Fsp3) is 0.231. The molecule has 176 valence electrons. The highest BCUT2D eigenvalue weighted by atomic mass is 16.5. The summed E-state index contributed by atoms with van der Waals surface area (Å²) in [5, 5.41) is 3.15. The Balaban J connectivity index is 1.73. The Labute approximate surface area is 197 Å². The van der Waals surface area contributed by atoms with Crippen LogP contribution in [0, 0.1) is 0 Å². The summed E-state index contributed by atoms with van der Waals surface area (Å²) >= 11 is 0. The van der Waals surface area contributed by atoms with Crippen molar-refractivity contribution >= 4 is 23.1 Å². The standard InChI is InChI=1S/C26H26N2O6/c1-4-32-21-13-10-18(15-22(21)33-5-2)27-24-23(17-8-11-19(31-3)12-9-17)25(29)28(26(24)30)16-20-7-6-14-34-20/h6-15,27H,4-5,16H2,1-3H3. The molecule has 0 unspecified atom stereocenters. The molecule has 2 heterocycles. The molecule has 0 saturated carbocycles. The summed E-state index contributed by atoms with van der Waals surface area (Å²) in [6.07, 6.45) is 1.51. The Kier molecular flexibility index (Phi) is 6.87. The van der Waals surface area contributed by atoms with Crippen molar-refractivity contribution in [1.29, 1.82) is 0 Å². The van der Waals surface area contributed by atoms with Gasteiger partial charge in [-0.25, -0.2) is 0 Å². The van der Waals surface area contributed by atoms with Crippen LogP contribution in [0.1, 0.15) is 25.2 Å². The maximum Gasteiger partial charge on any atom is 0.278 e. The molecule has 0 spiro atoms. The van der Waals surface area contributed by atoms with E-state index in [1.54, 1.807) is 61.7 Å². The molecule has 1 aliphatic rings. The van der Waals surface area contributed by atoms with Gasteiger partial charge in [-0.15, -0.1) is 0 Å². The van der Waals surface area contributed by atoms with Gasteiger partial charge in [0, 0.05) is 11.8 Å². The Morgan fingerprint density at radius 1 is 0.912 bits per heavy atom. The molecule has 0 bridgehead atoms. The van der Waals surface area contributed by atoms with Gasteiger partial charge in [-0.2, -0.15) is 0 Å². The third-order valence-electron chi connectivity index (χ3n) is 5.25. The van der Waals surface area contributed by atoms with E-state index in [4.69, 9.17) is 18.6 Å². The van der Waals surface area contributed by atoms with E-state index >= 15 is 0 Å². The summed E-state index contributed by atoms with van der Waals surface area (Å²) in [5.74, 6) is 1.45. The molecule has 1 aromatic heterocycles. The van der Waals surface area contributed by atoms with Crippen LogP contribution in [0.2, 0.25) is 0 Å². The lowest BCUT2D eigenvalue weighted by Crippen LogP contribution is -2.31. The molecule has 8 nitrogen and oxygen atoms in total.